The van der Waals surface area contributed by atoms with E-state index in [1.54, 1.807) is 0 Å². The van der Waals surface area contributed by atoms with Crippen molar-refractivity contribution in [1.29, 1.82) is 0 Å². The number of halogens is 1. The second-order valence-electron chi connectivity index (χ2n) is 5.90. The predicted molar refractivity (Wildman–Crippen MR) is 81.3 cm³/mol. The normalized spacial score (nSPS) is 14.8. The second-order valence-corrected chi connectivity index (χ2v) is 6.34. The molecule has 0 saturated heterocycles. The van der Waals surface area contributed by atoms with E-state index in [9.17, 15) is 0 Å². The van der Waals surface area contributed by atoms with Crippen LogP contribution in [-0.2, 0) is 6.42 Å². The zero-order chi connectivity index (χ0) is 13.6. The molecular weight excluding hydrogens is 242 g/mol. The third-order valence-corrected chi connectivity index (χ3v) is 3.59. The minimum absolute atomic E-state index is 0.326. The third kappa shape index (κ3) is 5.41. The van der Waals surface area contributed by atoms with E-state index in [4.69, 9.17) is 11.6 Å². The second kappa shape index (κ2) is 7.16. The maximum atomic E-state index is 5.93. The maximum Gasteiger partial charge on any atom is 0.0406 e. The lowest BCUT2D eigenvalue weighted by molar-refractivity contribution is 0.267. The Morgan fingerprint density at radius 1 is 1.22 bits per heavy atom. The molecule has 102 valence electrons. The lowest BCUT2D eigenvalue weighted by atomic mass is 9.79. The first-order valence-corrected chi connectivity index (χ1v) is 7.31. The lowest BCUT2D eigenvalue weighted by Gasteiger charge is -2.31. The van der Waals surface area contributed by atoms with E-state index in [1.165, 1.54) is 18.4 Å². The number of rotatable bonds is 7. The maximum absolute atomic E-state index is 5.93. The molecule has 0 saturated carbocycles. The third-order valence-electron chi connectivity index (χ3n) is 3.33. The first-order chi connectivity index (χ1) is 8.45. The Morgan fingerprint density at radius 3 is 2.33 bits per heavy atom. The fraction of sp³-hybridized carbons (Fsp3) is 0.625. The summed E-state index contributed by atoms with van der Waals surface area (Å²) in [4.78, 5) is 0. The quantitative estimate of drug-likeness (QED) is 0.756. The smallest absolute Gasteiger partial charge is 0.0406 e. The van der Waals surface area contributed by atoms with Crippen LogP contribution in [-0.4, -0.2) is 12.6 Å². The molecule has 0 aliphatic carbocycles. The Hall–Kier alpha value is -0.530. The van der Waals surface area contributed by atoms with Crippen LogP contribution < -0.4 is 5.32 Å². The molecule has 0 fully saturated rings. The molecule has 2 heteroatoms. The number of nitrogens with one attached hydrogen (secondary N) is 1. The van der Waals surface area contributed by atoms with Gasteiger partial charge in [-0.3, -0.25) is 0 Å². The van der Waals surface area contributed by atoms with Gasteiger partial charge in [0.25, 0.3) is 0 Å². The first-order valence-electron chi connectivity index (χ1n) is 6.93. The van der Waals surface area contributed by atoms with E-state index in [2.05, 4.69) is 45.1 Å². The number of hydrogen-bond acceptors (Lipinski definition) is 1. The molecule has 0 aliphatic heterocycles. The number of hydrogen-bond donors (Lipinski definition) is 1. The van der Waals surface area contributed by atoms with Crippen LogP contribution in [0, 0.1) is 5.41 Å². The molecule has 0 heterocycles. The van der Waals surface area contributed by atoms with Gasteiger partial charge in [-0.2, -0.15) is 0 Å². The largest absolute Gasteiger partial charge is 0.314 e. The molecule has 1 aromatic carbocycles. The van der Waals surface area contributed by atoms with Crippen molar-refractivity contribution in [2.24, 2.45) is 5.41 Å². The fourth-order valence-corrected chi connectivity index (χ4v) is 2.51. The molecule has 1 nitrogen and oxygen atoms in total. The van der Waals surface area contributed by atoms with Crippen LogP contribution in [0.4, 0.5) is 0 Å². The standard InChI is InChI=1S/C16H26ClN/c1-5-10-16(4,12-18-13(2)3)11-14-6-8-15(17)9-7-14/h6-9,13,18H,5,10-12H2,1-4H3. The average Bonchev–Trinajstić information content (AvgIpc) is 2.30. The molecule has 0 aromatic heterocycles. The molecule has 0 bridgehead atoms. The van der Waals surface area contributed by atoms with Gasteiger partial charge in [0.15, 0.2) is 0 Å². The van der Waals surface area contributed by atoms with E-state index >= 15 is 0 Å². The van der Waals surface area contributed by atoms with Gasteiger partial charge >= 0.3 is 0 Å². The van der Waals surface area contributed by atoms with Crippen LogP contribution in [0.15, 0.2) is 24.3 Å². The van der Waals surface area contributed by atoms with Crippen LogP contribution >= 0.6 is 11.6 Å². The topological polar surface area (TPSA) is 12.0 Å². The van der Waals surface area contributed by atoms with Gasteiger partial charge in [0.1, 0.15) is 0 Å². The summed E-state index contributed by atoms with van der Waals surface area (Å²) in [5.41, 5.74) is 1.70. The minimum Gasteiger partial charge on any atom is -0.314 e. The molecule has 0 amide bonds. The van der Waals surface area contributed by atoms with Crippen LogP contribution in [0.1, 0.15) is 46.1 Å². The SMILES string of the molecule is CCCC(C)(CNC(C)C)Cc1ccc(Cl)cc1. The van der Waals surface area contributed by atoms with E-state index in [-0.39, 0.29) is 0 Å². The van der Waals surface area contributed by atoms with Gasteiger partial charge in [-0.25, -0.2) is 0 Å². The first kappa shape index (κ1) is 15.5. The van der Waals surface area contributed by atoms with Crippen molar-refractivity contribution < 1.29 is 0 Å². The van der Waals surface area contributed by atoms with Crippen LogP contribution in [0.3, 0.4) is 0 Å². The van der Waals surface area contributed by atoms with Gasteiger partial charge in [-0.05, 0) is 36.0 Å². The van der Waals surface area contributed by atoms with E-state index in [0.29, 0.717) is 11.5 Å². The molecule has 1 atom stereocenters. The highest BCUT2D eigenvalue weighted by Gasteiger charge is 2.23. The Kier molecular flexibility index (Phi) is 6.17. The van der Waals surface area contributed by atoms with Gasteiger partial charge in [0.2, 0.25) is 0 Å². The van der Waals surface area contributed by atoms with Crippen molar-refractivity contribution in [1.82, 2.24) is 5.32 Å². The average molecular weight is 268 g/mol. The van der Waals surface area contributed by atoms with E-state index < -0.39 is 0 Å². The predicted octanol–water partition coefficient (Wildman–Crippen LogP) is 4.69. The van der Waals surface area contributed by atoms with Crippen LogP contribution in [0.25, 0.3) is 0 Å². The summed E-state index contributed by atoms with van der Waals surface area (Å²) in [6.07, 6.45) is 3.58. The molecule has 1 N–H and O–H groups in total. The Bertz CT molecular complexity index is 345. The lowest BCUT2D eigenvalue weighted by Crippen LogP contribution is -2.37. The van der Waals surface area contributed by atoms with Crippen molar-refractivity contribution in [2.45, 2.75) is 53.0 Å². The summed E-state index contributed by atoms with van der Waals surface area (Å²) in [6, 6.07) is 8.81. The van der Waals surface area contributed by atoms with Crippen molar-refractivity contribution in [3.63, 3.8) is 0 Å². The van der Waals surface area contributed by atoms with Gasteiger partial charge < -0.3 is 5.32 Å². The van der Waals surface area contributed by atoms with E-state index in [1.807, 2.05) is 12.1 Å². The number of benzene rings is 1. The summed E-state index contributed by atoms with van der Waals surface area (Å²) in [5, 5.41) is 4.39. The Labute approximate surface area is 117 Å². The summed E-state index contributed by atoms with van der Waals surface area (Å²) in [6.45, 7) is 10.1. The van der Waals surface area contributed by atoms with Crippen LogP contribution in [0.5, 0.6) is 0 Å². The van der Waals surface area contributed by atoms with Crippen molar-refractivity contribution in [3.8, 4) is 0 Å². The summed E-state index contributed by atoms with van der Waals surface area (Å²) in [7, 11) is 0. The van der Waals surface area contributed by atoms with Gasteiger partial charge in [-0.1, -0.05) is 57.8 Å². The molecule has 0 spiro atoms. The molecule has 1 rings (SSSR count). The minimum atomic E-state index is 0.326. The summed E-state index contributed by atoms with van der Waals surface area (Å²) >= 11 is 5.93. The van der Waals surface area contributed by atoms with Crippen LogP contribution in [0.2, 0.25) is 5.02 Å². The molecule has 1 aromatic rings. The Morgan fingerprint density at radius 2 is 1.83 bits per heavy atom. The highest BCUT2D eigenvalue weighted by molar-refractivity contribution is 6.30. The summed E-state index contributed by atoms with van der Waals surface area (Å²) in [5.74, 6) is 0. The monoisotopic (exact) mass is 267 g/mol. The van der Waals surface area contributed by atoms with Crippen molar-refractivity contribution in [2.75, 3.05) is 6.54 Å². The van der Waals surface area contributed by atoms with Crippen molar-refractivity contribution >= 4 is 11.6 Å². The molecular formula is C16H26ClN. The fourth-order valence-electron chi connectivity index (χ4n) is 2.39. The van der Waals surface area contributed by atoms with E-state index in [0.717, 1.165) is 18.0 Å². The van der Waals surface area contributed by atoms with Gasteiger partial charge in [0.05, 0.1) is 0 Å². The molecule has 1 unspecified atom stereocenters. The summed E-state index contributed by atoms with van der Waals surface area (Å²) < 4.78 is 0. The van der Waals surface area contributed by atoms with Crippen molar-refractivity contribution in [3.05, 3.63) is 34.9 Å². The molecule has 0 radical (unpaired) electrons. The van der Waals surface area contributed by atoms with Gasteiger partial charge in [0, 0.05) is 17.6 Å². The molecule has 18 heavy (non-hydrogen) atoms. The zero-order valence-corrected chi connectivity index (χ0v) is 12.8. The van der Waals surface area contributed by atoms with Gasteiger partial charge in [-0.15, -0.1) is 0 Å². The zero-order valence-electron chi connectivity index (χ0n) is 12.1. The highest BCUT2D eigenvalue weighted by Crippen LogP contribution is 2.28. The highest BCUT2D eigenvalue weighted by atomic mass is 35.5. The Balaban J connectivity index is 2.68. The molecule has 0 aliphatic rings.